The van der Waals surface area contributed by atoms with Crippen molar-refractivity contribution < 1.29 is 9.53 Å². The molecular formula is C15H18N2O3. The molecule has 0 atom stereocenters. The maximum atomic E-state index is 12.4. The van der Waals surface area contributed by atoms with Crippen LogP contribution in [-0.2, 0) is 16.1 Å². The first-order valence-corrected chi connectivity index (χ1v) is 6.49. The number of carbonyl (C=O) groups excluding carboxylic acids is 1. The number of aryl methyl sites for hydroxylation is 1. The van der Waals surface area contributed by atoms with Crippen molar-refractivity contribution in [3.05, 3.63) is 41.3 Å². The molecule has 0 bridgehead atoms. The van der Waals surface area contributed by atoms with Gasteiger partial charge in [-0.1, -0.05) is 18.7 Å². The van der Waals surface area contributed by atoms with Gasteiger partial charge in [0.1, 0.15) is 0 Å². The Bertz CT molecular complexity index is 709. The van der Waals surface area contributed by atoms with Gasteiger partial charge in [0.25, 0.3) is 0 Å². The number of carbonyl (C=O) groups is 1. The number of esters is 1. The molecule has 5 heteroatoms. The predicted octanol–water partition coefficient (Wildman–Crippen LogP) is 2.25. The lowest BCUT2D eigenvalue weighted by atomic mass is 10.3. The second-order valence-electron chi connectivity index (χ2n) is 4.67. The summed E-state index contributed by atoms with van der Waals surface area (Å²) < 4.78 is 7.87. The molecule has 0 unspecified atom stereocenters. The molecular weight excluding hydrogens is 256 g/mol. The molecule has 0 aliphatic rings. The Morgan fingerprint density at radius 1 is 1.30 bits per heavy atom. The fraction of sp³-hybridized carbons (Fsp3) is 0.333. The minimum absolute atomic E-state index is 0.122. The lowest BCUT2D eigenvalue weighted by molar-refractivity contribution is -0.140. The van der Waals surface area contributed by atoms with E-state index >= 15 is 0 Å². The van der Waals surface area contributed by atoms with Gasteiger partial charge in [0.2, 0.25) is 0 Å². The molecule has 0 radical (unpaired) electrons. The van der Waals surface area contributed by atoms with Crippen LogP contribution in [0.15, 0.2) is 35.6 Å². The zero-order chi connectivity index (χ0) is 14.7. The van der Waals surface area contributed by atoms with Gasteiger partial charge in [0.05, 0.1) is 18.1 Å². The van der Waals surface area contributed by atoms with Crippen LogP contribution in [0.4, 0.5) is 0 Å². The van der Waals surface area contributed by atoms with Crippen LogP contribution >= 0.6 is 0 Å². The number of benzene rings is 1. The molecule has 2 rings (SSSR count). The molecule has 106 valence electrons. The average Bonchev–Trinajstić information content (AvgIpc) is 2.71. The number of aromatic nitrogens is 2. The first kappa shape index (κ1) is 14.1. The van der Waals surface area contributed by atoms with Crippen LogP contribution in [0.25, 0.3) is 16.7 Å². The molecule has 0 aliphatic heterocycles. The fourth-order valence-corrected chi connectivity index (χ4v) is 2.28. The first-order valence-electron chi connectivity index (χ1n) is 6.49. The van der Waals surface area contributed by atoms with E-state index in [1.54, 1.807) is 16.1 Å². The summed E-state index contributed by atoms with van der Waals surface area (Å²) >= 11 is 0. The van der Waals surface area contributed by atoms with Gasteiger partial charge >= 0.3 is 11.7 Å². The van der Waals surface area contributed by atoms with Crippen molar-refractivity contribution in [2.24, 2.45) is 0 Å². The van der Waals surface area contributed by atoms with Crippen LogP contribution in [0.5, 0.6) is 0 Å². The lowest BCUT2D eigenvalue weighted by Crippen LogP contribution is -2.23. The Kier molecular flexibility index (Phi) is 4.08. The second-order valence-corrected chi connectivity index (χ2v) is 4.67. The van der Waals surface area contributed by atoms with Gasteiger partial charge in [-0.2, -0.15) is 0 Å². The quantitative estimate of drug-likeness (QED) is 0.786. The summed E-state index contributed by atoms with van der Waals surface area (Å²) in [4.78, 5) is 23.6. The van der Waals surface area contributed by atoms with Crippen molar-refractivity contribution >= 4 is 22.7 Å². The molecule has 0 N–H and O–H groups in total. The van der Waals surface area contributed by atoms with Crippen molar-refractivity contribution in [1.82, 2.24) is 9.13 Å². The number of hydrogen-bond acceptors (Lipinski definition) is 3. The smallest absolute Gasteiger partial charge is 0.333 e. The highest BCUT2D eigenvalue weighted by Gasteiger charge is 2.13. The zero-order valence-corrected chi connectivity index (χ0v) is 11.8. The first-order chi connectivity index (χ1) is 9.56. The molecule has 0 fully saturated rings. The van der Waals surface area contributed by atoms with E-state index in [0.717, 1.165) is 11.0 Å². The number of nitrogens with zero attached hydrogens (tertiary/aromatic N) is 2. The Morgan fingerprint density at radius 3 is 2.55 bits per heavy atom. The monoisotopic (exact) mass is 274 g/mol. The molecule has 5 nitrogen and oxygen atoms in total. The molecule has 1 aromatic heterocycles. The molecule has 0 spiro atoms. The summed E-state index contributed by atoms with van der Waals surface area (Å²) in [6.45, 7) is 6.13. The van der Waals surface area contributed by atoms with E-state index in [1.807, 2.05) is 24.3 Å². The van der Waals surface area contributed by atoms with Crippen LogP contribution in [0, 0.1) is 0 Å². The summed E-state index contributed by atoms with van der Waals surface area (Å²) in [5, 5.41) is 0. The summed E-state index contributed by atoms with van der Waals surface area (Å²) in [5.41, 5.74) is 2.25. The van der Waals surface area contributed by atoms with E-state index in [2.05, 4.69) is 11.3 Å². The van der Waals surface area contributed by atoms with Gasteiger partial charge in [0.15, 0.2) is 0 Å². The number of imidazole rings is 1. The maximum Gasteiger partial charge on any atom is 0.333 e. The Balaban J connectivity index is 2.38. The number of para-hydroxylation sites is 2. The van der Waals surface area contributed by atoms with E-state index < -0.39 is 0 Å². The molecule has 20 heavy (non-hydrogen) atoms. The number of allylic oxidation sites excluding steroid dienone is 1. The van der Waals surface area contributed by atoms with Gasteiger partial charge in [-0.3, -0.25) is 13.9 Å². The van der Waals surface area contributed by atoms with Crippen molar-refractivity contribution in [2.75, 3.05) is 7.11 Å². The van der Waals surface area contributed by atoms with E-state index in [4.69, 9.17) is 0 Å². The van der Waals surface area contributed by atoms with E-state index in [0.29, 0.717) is 25.1 Å². The van der Waals surface area contributed by atoms with Crippen LogP contribution in [0.2, 0.25) is 0 Å². The SMILES string of the molecule is C=C(C)n1c(=O)n(CCCC(=O)OC)c2ccccc21. The highest BCUT2D eigenvalue weighted by Crippen LogP contribution is 2.16. The number of ether oxygens (including phenoxy) is 1. The highest BCUT2D eigenvalue weighted by atomic mass is 16.5. The molecule has 0 saturated heterocycles. The summed E-state index contributed by atoms with van der Waals surface area (Å²) in [6, 6.07) is 7.57. The maximum absolute atomic E-state index is 12.4. The molecule has 0 aliphatic carbocycles. The predicted molar refractivity (Wildman–Crippen MR) is 78.5 cm³/mol. The van der Waals surface area contributed by atoms with Crippen LogP contribution in [0.3, 0.4) is 0 Å². The highest BCUT2D eigenvalue weighted by molar-refractivity contribution is 5.79. The Labute approximate surface area is 117 Å². The zero-order valence-electron chi connectivity index (χ0n) is 11.8. The van der Waals surface area contributed by atoms with Crippen molar-refractivity contribution in [3.8, 4) is 0 Å². The van der Waals surface area contributed by atoms with Crippen LogP contribution in [0.1, 0.15) is 19.8 Å². The summed E-state index contributed by atoms with van der Waals surface area (Å²) in [5.74, 6) is -0.262. The average molecular weight is 274 g/mol. The molecule has 1 heterocycles. The molecule has 0 amide bonds. The minimum atomic E-state index is -0.262. The lowest BCUT2D eigenvalue weighted by Gasteiger charge is -2.02. The number of hydrogen-bond donors (Lipinski definition) is 0. The Morgan fingerprint density at radius 2 is 1.95 bits per heavy atom. The van der Waals surface area contributed by atoms with Gasteiger partial charge in [-0.25, -0.2) is 4.79 Å². The van der Waals surface area contributed by atoms with E-state index in [-0.39, 0.29) is 11.7 Å². The largest absolute Gasteiger partial charge is 0.469 e. The third-order valence-electron chi connectivity index (χ3n) is 3.21. The van der Waals surface area contributed by atoms with E-state index in [9.17, 15) is 9.59 Å². The Hall–Kier alpha value is -2.30. The standard InChI is InChI=1S/C15H18N2O3/c1-11(2)17-13-8-5-4-7-12(13)16(15(17)19)10-6-9-14(18)20-3/h4-5,7-8H,1,6,9-10H2,2-3H3. The van der Waals surface area contributed by atoms with Crippen molar-refractivity contribution in [1.29, 1.82) is 0 Å². The number of methoxy groups -OCH3 is 1. The normalized spacial score (nSPS) is 10.7. The summed E-state index contributed by atoms with van der Waals surface area (Å²) in [7, 11) is 1.36. The topological polar surface area (TPSA) is 53.2 Å². The van der Waals surface area contributed by atoms with Gasteiger partial charge in [-0.05, 0) is 25.5 Å². The van der Waals surface area contributed by atoms with Crippen molar-refractivity contribution in [2.45, 2.75) is 26.3 Å². The van der Waals surface area contributed by atoms with E-state index in [1.165, 1.54) is 7.11 Å². The third kappa shape index (κ3) is 2.52. The second kappa shape index (κ2) is 5.77. The van der Waals surface area contributed by atoms with Crippen LogP contribution in [-0.4, -0.2) is 22.2 Å². The summed E-state index contributed by atoms with van der Waals surface area (Å²) in [6.07, 6.45) is 0.867. The van der Waals surface area contributed by atoms with Gasteiger partial charge in [0, 0.05) is 18.7 Å². The molecule has 0 saturated carbocycles. The van der Waals surface area contributed by atoms with Crippen LogP contribution < -0.4 is 5.69 Å². The fourth-order valence-electron chi connectivity index (χ4n) is 2.28. The number of rotatable bonds is 5. The number of fused-ring (bicyclic) bond motifs is 1. The molecule has 2 aromatic rings. The van der Waals surface area contributed by atoms with Gasteiger partial charge in [-0.15, -0.1) is 0 Å². The van der Waals surface area contributed by atoms with Gasteiger partial charge < -0.3 is 4.74 Å². The molecule has 1 aromatic carbocycles. The minimum Gasteiger partial charge on any atom is -0.469 e. The third-order valence-corrected chi connectivity index (χ3v) is 3.21. The van der Waals surface area contributed by atoms with Crippen molar-refractivity contribution in [3.63, 3.8) is 0 Å².